The molecule has 2 atom stereocenters. The van der Waals surface area contributed by atoms with Crippen molar-refractivity contribution in [2.75, 3.05) is 0 Å². The second-order valence-electron chi connectivity index (χ2n) is 9.51. The van der Waals surface area contributed by atoms with Gasteiger partial charge >= 0.3 is 18.0 Å². The zero-order chi connectivity index (χ0) is 30.3. The second-order valence-corrected chi connectivity index (χ2v) is 9.95. The molecule has 3 aromatic rings. The number of carbonyl (C=O) groups is 2. The topological polar surface area (TPSA) is 132 Å². The predicted octanol–water partition coefficient (Wildman–Crippen LogP) is 3.21. The number of benzene rings is 2. The van der Waals surface area contributed by atoms with Crippen LogP contribution in [0.25, 0.3) is 11.4 Å². The molecular formula is C25H22ClF6N5O4. The van der Waals surface area contributed by atoms with Crippen molar-refractivity contribution in [3.63, 3.8) is 0 Å². The normalized spacial score (nSPS) is 16.2. The first-order valence-corrected chi connectivity index (χ1v) is 12.4. The fraction of sp³-hybridized carbons (Fsp3) is 0.360. The van der Waals surface area contributed by atoms with Crippen molar-refractivity contribution in [3.8, 4) is 11.4 Å². The molecule has 220 valence electrons. The number of amides is 2. The Balaban J connectivity index is 1.71. The molecule has 0 saturated heterocycles. The van der Waals surface area contributed by atoms with Crippen LogP contribution in [0.3, 0.4) is 0 Å². The summed E-state index contributed by atoms with van der Waals surface area (Å²) in [6, 6.07) is 9.20. The number of aliphatic hydroxyl groups excluding tert-OH is 1. The Hall–Kier alpha value is -3.85. The number of carbonyl (C=O) groups excluding carboxylic acids is 2. The zero-order valence-electron chi connectivity index (χ0n) is 20.8. The van der Waals surface area contributed by atoms with Gasteiger partial charge in [-0.1, -0.05) is 23.7 Å². The monoisotopic (exact) mass is 605 g/mol. The van der Waals surface area contributed by atoms with Gasteiger partial charge in [0, 0.05) is 10.6 Å². The third kappa shape index (κ3) is 6.25. The first kappa shape index (κ1) is 30.1. The molecule has 1 fully saturated rings. The van der Waals surface area contributed by atoms with Crippen molar-refractivity contribution in [3.05, 3.63) is 75.2 Å². The molecule has 2 aromatic carbocycles. The summed E-state index contributed by atoms with van der Waals surface area (Å²) in [7, 11) is 0. The van der Waals surface area contributed by atoms with E-state index in [0.29, 0.717) is 28.2 Å². The van der Waals surface area contributed by atoms with E-state index in [2.05, 4.69) is 10.4 Å². The second kappa shape index (κ2) is 10.9. The lowest BCUT2D eigenvalue weighted by molar-refractivity contribution is -0.207. The fourth-order valence-electron chi connectivity index (χ4n) is 4.47. The van der Waals surface area contributed by atoms with Crippen LogP contribution >= 0.6 is 11.6 Å². The van der Waals surface area contributed by atoms with Crippen LogP contribution in [0.4, 0.5) is 26.3 Å². The smallest absolute Gasteiger partial charge is 0.382 e. The minimum Gasteiger partial charge on any atom is -0.382 e. The lowest BCUT2D eigenvalue weighted by atomic mass is 9.83. The number of alkyl halides is 6. The molecule has 9 nitrogen and oxygen atoms in total. The van der Waals surface area contributed by atoms with Gasteiger partial charge in [-0.2, -0.15) is 26.3 Å². The minimum absolute atomic E-state index is 0.133. The average molecular weight is 606 g/mol. The summed E-state index contributed by atoms with van der Waals surface area (Å²) in [6.45, 7) is -2.19. The number of nitrogens with one attached hydrogen (secondary N) is 1. The predicted molar refractivity (Wildman–Crippen MR) is 132 cm³/mol. The molecule has 1 aliphatic carbocycles. The molecule has 0 bridgehead atoms. The molecule has 0 spiro atoms. The lowest BCUT2D eigenvalue weighted by Crippen LogP contribution is -2.57. The first-order chi connectivity index (χ1) is 19.0. The molecule has 4 rings (SSSR count). The average Bonchev–Trinajstić information content (AvgIpc) is 3.69. The van der Waals surface area contributed by atoms with Crippen LogP contribution in [0.5, 0.6) is 0 Å². The van der Waals surface area contributed by atoms with Crippen LogP contribution in [0, 0.1) is 5.92 Å². The molecule has 1 aliphatic rings. The van der Waals surface area contributed by atoms with Crippen molar-refractivity contribution in [1.82, 2.24) is 19.7 Å². The number of aliphatic hydroxyl groups is 1. The van der Waals surface area contributed by atoms with Crippen LogP contribution in [-0.2, 0) is 34.4 Å². The summed E-state index contributed by atoms with van der Waals surface area (Å²) in [6.07, 6.45) is -12.1. The molecule has 16 heteroatoms. The highest BCUT2D eigenvalue weighted by Gasteiger charge is 2.53. The van der Waals surface area contributed by atoms with Gasteiger partial charge in [-0.25, -0.2) is 9.48 Å². The Labute approximate surface area is 232 Å². The summed E-state index contributed by atoms with van der Waals surface area (Å²) in [4.78, 5) is 38.9. The highest BCUT2D eigenvalue weighted by molar-refractivity contribution is 6.30. The number of halogens is 7. The van der Waals surface area contributed by atoms with Crippen molar-refractivity contribution < 1.29 is 41.0 Å². The Bertz CT molecular complexity index is 1510. The van der Waals surface area contributed by atoms with E-state index >= 15 is 0 Å². The van der Waals surface area contributed by atoms with E-state index in [1.54, 1.807) is 0 Å². The summed E-state index contributed by atoms with van der Waals surface area (Å²) >= 11 is 5.86. The van der Waals surface area contributed by atoms with Gasteiger partial charge < -0.3 is 16.2 Å². The number of rotatable bonds is 9. The third-order valence-corrected chi connectivity index (χ3v) is 6.86. The lowest BCUT2D eigenvalue weighted by Gasteiger charge is -2.33. The van der Waals surface area contributed by atoms with Crippen molar-refractivity contribution in [1.29, 1.82) is 0 Å². The van der Waals surface area contributed by atoms with Gasteiger partial charge in [0.25, 0.3) is 0 Å². The number of hydrogen-bond donors (Lipinski definition) is 3. The molecule has 2 amide bonds. The van der Waals surface area contributed by atoms with Gasteiger partial charge in [-0.05, 0) is 60.7 Å². The van der Waals surface area contributed by atoms with E-state index in [4.69, 9.17) is 17.3 Å². The number of hydrogen-bond acceptors (Lipinski definition) is 5. The van der Waals surface area contributed by atoms with Crippen LogP contribution in [0.2, 0.25) is 5.02 Å². The van der Waals surface area contributed by atoms with Crippen LogP contribution < -0.4 is 16.7 Å². The summed E-state index contributed by atoms with van der Waals surface area (Å²) in [5.41, 5.74) is 1.19. The minimum atomic E-state index is -5.08. The number of nitrogens with two attached hydrogens (primary N) is 1. The third-order valence-electron chi connectivity index (χ3n) is 6.61. The van der Waals surface area contributed by atoms with Gasteiger partial charge in [0.05, 0.1) is 12.1 Å². The van der Waals surface area contributed by atoms with Crippen LogP contribution in [-0.4, -0.2) is 43.5 Å². The molecule has 1 heterocycles. The maximum absolute atomic E-state index is 13.4. The Morgan fingerprint density at radius 1 is 1.07 bits per heavy atom. The summed E-state index contributed by atoms with van der Waals surface area (Å²) in [5.74, 6) is -3.18. The van der Waals surface area contributed by atoms with Crippen molar-refractivity contribution >= 4 is 23.4 Å². The Morgan fingerprint density at radius 2 is 1.68 bits per heavy atom. The molecule has 1 unspecified atom stereocenters. The Morgan fingerprint density at radius 3 is 2.22 bits per heavy atom. The molecular weight excluding hydrogens is 584 g/mol. The van der Waals surface area contributed by atoms with E-state index < -0.39 is 66.1 Å². The quantitative estimate of drug-likeness (QED) is 0.322. The Kier molecular flexibility index (Phi) is 7.97. The summed E-state index contributed by atoms with van der Waals surface area (Å²) < 4.78 is 80.5. The molecule has 1 saturated carbocycles. The van der Waals surface area contributed by atoms with Gasteiger partial charge in [-0.15, -0.1) is 5.10 Å². The number of nitrogens with zero attached hydrogens (tertiary/aromatic N) is 3. The maximum Gasteiger partial charge on any atom is 0.416 e. The van der Waals surface area contributed by atoms with Gasteiger partial charge in [0.15, 0.2) is 11.9 Å². The van der Waals surface area contributed by atoms with Crippen molar-refractivity contribution in [2.24, 2.45) is 11.7 Å². The van der Waals surface area contributed by atoms with Gasteiger partial charge in [0.2, 0.25) is 11.8 Å². The van der Waals surface area contributed by atoms with Crippen LogP contribution in [0.1, 0.15) is 24.0 Å². The van der Waals surface area contributed by atoms with Crippen LogP contribution in [0.15, 0.2) is 53.3 Å². The number of aromatic nitrogens is 3. The van der Waals surface area contributed by atoms with Gasteiger partial charge in [0.1, 0.15) is 12.1 Å². The standard InChI is InChI=1S/C25H22ClF6N5O4/c26-17-8-4-13(5-9-17)20-35-37(22(41)36(20)11-18(38)25(30,31)32)12-19(39)34-23(21(33)40,14-6-7-14)15-2-1-3-16(10-15)24(27,28)29/h1-5,8-10,14,18,38H,6-7,11-12H2,(H2,33,40)(H,34,39)/t18-,23?/m0/s1. The molecule has 4 N–H and O–H groups in total. The highest BCUT2D eigenvalue weighted by atomic mass is 35.5. The first-order valence-electron chi connectivity index (χ1n) is 12.0. The zero-order valence-corrected chi connectivity index (χ0v) is 21.6. The molecule has 0 radical (unpaired) electrons. The maximum atomic E-state index is 13.4. The van der Waals surface area contributed by atoms with Gasteiger partial charge in [-0.3, -0.25) is 14.2 Å². The SMILES string of the molecule is NC(=O)C(NC(=O)Cn1nc(-c2ccc(Cl)cc2)n(C[C@H](O)C(F)(F)F)c1=O)(c1cccc(C(F)(F)F)c1)C1CC1. The molecule has 0 aliphatic heterocycles. The van der Waals surface area contributed by atoms with E-state index in [1.807, 2.05) is 0 Å². The number of primary amides is 1. The van der Waals surface area contributed by atoms with Crippen molar-refractivity contribution in [2.45, 2.75) is 49.9 Å². The summed E-state index contributed by atoms with van der Waals surface area (Å²) in [5, 5.41) is 16.2. The fourth-order valence-corrected chi connectivity index (χ4v) is 4.59. The van der Waals surface area contributed by atoms with E-state index in [0.717, 1.165) is 12.1 Å². The molecule has 41 heavy (non-hydrogen) atoms. The van der Waals surface area contributed by atoms with E-state index in [-0.39, 0.29) is 22.0 Å². The molecule has 1 aromatic heterocycles. The van der Waals surface area contributed by atoms with E-state index in [9.17, 15) is 45.8 Å². The largest absolute Gasteiger partial charge is 0.416 e. The highest BCUT2D eigenvalue weighted by Crippen LogP contribution is 2.46. The van der Waals surface area contributed by atoms with E-state index in [1.165, 1.54) is 30.3 Å².